The lowest BCUT2D eigenvalue weighted by molar-refractivity contribution is -0.144. The van der Waals surface area contributed by atoms with Crippen LogP contribution in [0.4, 0.5) is 0 Å². The van der Waals surface area contributed by atoms with E-state index in [4.69, 9.17) is 20.2 Å². The quantitative estimate of drug-likeness (QED) is 0.504. The van der Waals surface area contributed by atoms with Gasteiger partial charge in [-0.3, -0.25) is 9.69 Å². The topological polar surface area (TPSA) is 143 Å². The molecule has 2 fully saturated rings. The third-order valence-electron chi connectivity index (χ3n) is 5.47. The third kappa shape index (κ3) is 3.13. The van der Waals surface area contributed by atoms with Crippen LogP contribution in [0.5, 0.6) is 11.5 Å². The second-order valence-corrected chi connectivity index (χ2v) is 7.83. The van der Waals surface area contributed by atoms with Gasteiger partial charge in [0.25, 0.3) is 0 Å². The highest BCUT2D eigenvalue weighted by atomic mass is 16.5. The molecule has 1 aromatic carbocycles. The average molecular weight is 376 g/mol. The molecule has 0 bridgehead atoms. The van der Waals surface area contributed by atoms with Crippen molar-refractivity contribution in [3.63, 3.8) is 0 Å². The maximum Gasteiger partial charge on any atom is 0.526 e. The van der Waals surface area contributed by atoms with Gasteiger partial charge < -0.3 is 30.4 Å². The van der Waals surface area contributed by atoms with Crippen molar-refractivity contribution in [1.29, 1.82) is 0 Å². The second kappa shape index (κ2) is 6.11. The number of nitrogens with two attached hydrogens (primary N) is 1. The van der Waals surface area contributed by atoms with E-state index in [9.17, 15) is 19.7 Å². The number of rotatable bonds is 6. The molecule has 0 radical (unpaired) electrons. The normalized spacial score (nSPS) is 26.1. The molecule has 3 aliphatic rings. The monoisotopic (exact) mass is 376 g/mol. The summed E-state index contributed by atoms with van der Waals surface area (Å²) >= 11 is 0. The summed E-state index contributed by atoms with van der Waals surface area (Å²) in [7, 11) is -0.992. The van der Waals surface area contributed by atoms with Crippen LogP contribution >= 0.6 is 0 Å². The van der Waals surface area contributed by atoms with Crippen LogP contribution in [0.25, 0.3) is 0 Å². The van der Waals surface area contributed by atoms with Crippen LogP contribution in [0.1, 0.15) is 35.2 Å². The van der Waals surface area contributed by atoms with Crippen LogP contribution in [0, 0.1) is 0 Å². The van der Waals surface area contributed by atoms with Crippen LogP contribution in [-0.2, 0) is 4.79 Å². The lowest BCUT2D eigenvalue weighted by Gasteiger charge is -2.42. The first-order chi connectivity index (χ1) is 12.7. The first kappa shape index (κ1) is 18.1. The van der Waals surface area contributed by atoms with Gasteiger partial charge in [-0.1, -0.05) is 6.07 Å². The van der Waals surface area contributed by atoms with Gasteiger partial charge in [0, 0.05) is 25.5 Å². The van der Waals surface area contributed by atoms with Gasteiger partial charge in [-0.05, 0) is 30.9 Å². The highest BCUT2D eigenvalue weighted by Crippen LogP contribution is 2.60. The van der Waals surface area contributed by atoms with E-state index in [2.05, 4.69) is 0 Å². The molecule has 9 nitrogen and oxygen atoms in total. The van der Waals surface area contributed by atoms with Crippen molar-refractivity contribution >= 4 is 19.1 Å². The van der Waals surface area contributed by atoms with Crippen LogP contribution < -0.4 is 15.1 Å². The van der Waals surface area contributed by atoms with Gasteiger partial charge in [0.15, 0.2) is 0 Å². The predicted molar refractivity (Wildman–Crippen MR) is 94.2 cm³/mol. The molecule has 144 valence electrons. The molecule has 0 amide bonds. The fourth-order valence-corrected chi connectivity index (χ4v) is 3.83. The summed E-state index contributed by atoms with van der Waals surface area (Å²) in [5.41, 5.74) is 5.10. The molecule has 0 spiro atoms. The number of carboxylic acids is 2. The molecule has 3 atom stereocenters. The number of aliphatic carboxylic acids is 1. The molecular formula is C17H21BN2O7. The van der Waals surface area contributed by atoms with Crippen molar-refractivity contribution in [1.82, 2.24) is 4.90 Å². The third-order valence-corrected chi connectivity index (χ3v) is 5.47. The Balaban J connectivity index is 1.47. The number of carboxylic acid groups (broad SMARTS) is 2. The van der Waals surface area contributed by atoms with Gasteiger partial charge in [0.1, 0.15) is 28.7 Å². The summed E-state index contributed by atoms with van der Waals surface area (Å²) in [4.78, 5) is 24.7. The molecule has 2 heterocycles. The van der Waals surface area contributed by atoms with E-state index in [0.29, 0.717) is 13.1 Å². The number of carbonyl (C=O) groups is 2. The maximum absolute atomic E-state index is 11.8. The van der Waals surface area contributed by atoms with Crippen LogP contribution in [0.2, 0.25) is 5.82 Å². The van der Waals surface area contributed by atoms with E-state index in [1.54, 1.807) is 12.1 Å². The van der Waals surface area contributed by atoms with E-state index in [-0.39, 0.29) is 41.4 Å². The largest absolute Gasteiger partial charge is 0.535 e. The number of nitrogens with zero attached hydrogens (tertiary/aromatic N) is 1. The molecule has 0 unspecified atom stereocenters. The molecule has 4 rings (SSSR count). The summed E-state index contributed by atoms with van der Waals surface area (Å²) < 4.78 is 11.3. The van der Waals surface area contributed by atoms with E-state index in [1.807, 2.05) is 4.90 Å². The molecule has 1 saturated heterocycles. The van der Waals surface area contributed by atoms with E-state index in [0.717, 1.165) is 12.0 Å². The van der Waals surface area contributed by atoms with Crippen molar-refractivity contribution in [3.8, 4) is 11.5 Å². The number of likely N-dealkylation sites (tertiary alicyclic amines) is 1. The zero-order valence-electron chi connectivity index (χ0n) is 14.8. The minimum Gasteiger partial charge on any atom is -0.535 e. The van der Waals surface area contributed by atoms with E-state index >= 15 is 0 Å². The van der Waals surface area contributed by atoms with Crippen molar-refractivity contribution in [3.05, 3.63) is 23.3 Å². The minimum atomic E-state index is -1.35. The molecule has 1 saturated carbocycles. The smallest absolute Gasteiger partial charge is 0.526 e. The summed E-state index contributed by atoms with van der Waals surface area (Å²) in [5.74, 6) is -1.72. The number of aromatic carboxylic acids is 1. The number of hydrogen-bond donors (Lipinski definition) is 4. The number of benzene rings is 1. The molecule has 1 aromatic rings. The van der Waals surface area contributed by atoms with Gasteiger partial charge >= 0.3 is 19.1 Å². The van der Waals surface area contributed by atoms with Gasteiger partial charge in [-0.2, -0.15) is 0 Å². The van der Waals surface area contributed by atoms with Crippen LogP contribution in [0.15, 0.2) is 12.1 Å². The Hall–Kier alpha value is -2.30. The SMILES string of the molecule is C[C@](N)(CN1CC(Oc2ccc3c(c2C(=O)O)OB(O)[C@@H]2C[C@H]32)C1)C(=O)O. The minimum absolute atomic E-state index is 0.0333. The number of hydrogen-bond acceptors (Lipinski definition) is 7. The fourth-order valence-electron chi connectivity index (χ4n) is 3.83. The Bertz CT molecular complexity index is 809. The van der Waals surface area contributed by atoms with Gasteiger partial charge in [0.05, 0.1) is 0 Å². The molecule has 0 aromatic heterocycles. The maximum atomic E-state index is 11.8. The molecule has 5 N–H and O–H groups in total. The van der Waals surface area contributed by atoms with Crippen molar-refractivity contribution in [2.45, 2.75) is 36.7 Å². The number of ether oxygens (including phenoxy) is 1. The van der Waals surface area contributed by atoms with Crippen molar-refractivity contribution < 1.29 is 34.2 Å². The van der Waals surface area contributed by atoms with E-state index in [1.165, 1.54) is 6.92 Å². The lowest BCUT2D eigenvalue weighted by atomic mass is 9.77. The summed E-state index contributed by atoms with van der Waals surface area (Å²) in [6, 6.07) is 3.43. The summed E-state index contributed by atoms with van der Waals surface area (Å²) in [6.07, 6.45) is 0.514. The first-order valence-corrected chi connectivity index (χ1v) is 8.83. The van der Waals surface area contributed by atoms with Crippen molar-refractivity contribution in [2.75, 3.05) is 19.6 Å². The zero-order chi connectivity index (χ0) is 19.5. The van der Waals surface area contributed by atoms with Gasteiger partial charge in [-0.25, -0.2) is 4.79 Å². The van der Waals surface area contributed by atoms with E-state index < -0.39 is 24.6 Å². The van der Waals surface area contributed by atoms with Crippen LogP contribution in [0.3, 0.4) is 0 Å². The Morgan fingerprint density at radius 3 is 2.74 bits per heavy atom. The summed E-state index contributed by atoms with van der Waals surface area (Å²) in [6.45, 7) is 2.52. The Labute approximate surface area is 155 Å². The Kier molecular flexibility index (Phi) is 4.10. The molecule has 27 heavy (non-hydrogen) atoms. The second-order valence-electron chi connectivity index (χ2n) is 7.83. The Morgan fingerprint density at radius 2 is 2.11 bits per heavy atom. The molecule has 10 heteroatoms. The summed E-state index contributed by atoms with van der Waals surface area (Å²) in [5, 5.41) is 28.7. The zero-order valence-corrected chi connectivity index (χ0v) is 14.8. The van der Waals surface area contributed by atoms with Crippen molar-refractivity contribution in [2.24, 2.45) is 5.73 Å². The Morgan fingerprint density at radius 1 is 1.41 bits per heavy atom. The highest BCUT2D eigenvalue weighted by Gasteiger charge is 2.54. The fraction of sp³-hybridized carbons (Fsp3) is 0.529. The van der Waals surface area contributed by atoms with Crippen LogP contribution in [-0.4, -0.2) is 70.5 Å². The highest BCUT2D eigenvalue weighted by molar-refractivity contribution is 6.48. The molecule has 1 aliphatic carbocycles. The standard InChI is InChI=1S/C17H21BN2O7/c1-17(19,16(23)24)7-20-5-8(6-20)26-12-3-2-9-10-4-11(10)18(25)27-14(9)13(12)15(21)22/h2-3,8,10-11,25H,4-7,19H2,1H3,(H,21,22)(H,23,24)/t10-,11-,17+/m1/s1. The first-order valence-electron chi connectivity index (χ1n) is 8.83. The van der Waals surface area contributed by atoms with Gasteiger partial charge in [-0.15, -0.1) is 0 Å². The molecular weight excluding hydrogens is 355 g/mol. The van der Waals surface area contributed by atoms with Gasteiger partial charge in [0.2, 0.25) is 0 Å². The average Bonchev–Trinajstić information content (AvgIpc) is 3.33. The predicted octanol–water partition coefficient (Wildman–Crippen LogP) is -0.0198. The lowest BCUT2D eigenvalue weighted by Crippen LogP contribution is -2.62. The molecule has 2 aliphatic heterocycles. The number of fused-ring (bicyclic) bond motifs is 3.